The zero-order chi connectivity index (χ0) is 21.8. The Labute approximate surface area is 178 Å². The number of nitrogens with two attached hydrogens (primary N) is 2. The molecule has 5 rings (SSSR count). The number of hydrogen-bond acceptors (Lipinski definition) is 4. The van der Waals surface area contributed by atoms with Gasteiger partial charge in [0.05, 0.1) is 12.1 Å². The first-order valence-corrected chi connectivity index (χ1v) is 10.4. The van der Waals surface area contributed by atoms with Crippen molar-refractivity contribution in [3.8, 4) is 0 Å². The summed E-state index contributed by atoms with van der Waals surface area (Å²) >= 11 is 0. The van der Waals surface area contributed by atoms with E-state index in [0.29, 0.717) is 17.7 Å². The summed E-state index contributed by atoms with van der Waals surface area (Å²) in [5.41, 5.74) is 6.50. The smallest absolute Gasteiger partial charge is 0.291 e. The van der Waals surface area contributed by atoms with Crippen molar-refractivity contribution >= 4 is 29.3 Å². The summed E-state index contributed by atoms with van der Waals surface area (Å²) in [7, 11) is 0. The van der Waals surface area contributed by atoms with Gasteiger partial charge in [0.2, 0.25) is 23.3 Å². The lowest BCUT2D eigenvalue weighted by Crippen LogP contribution is -2.99. The van der Waals surface area contributed by atoms with Gasteiger partial charge in [-0.3, -0.25) is 24.1 Å². The summed E-state index contributed by atoms with van der Waals surface area (Å²) < 4.78 is 0. The molecule has 3 heterocycles. The number of amides is 4. The zero-order valence-electron chi connectivity index (χ0n) is 16.8. The Balaban J connectivity index is 1.53. The lowest BCUT2D eigenvalue weighted by Gasteiger charge is -2.26. The minimum atomic E-state index is -1.27. The van der Waals surface area contributed by atoms with Crippen molar-refractivity contribution in [2.75, 3.05) is 11.9 Å². The number of likely N-dealkylation sites (tertiary alicyclic amines) is 1. The van der Waals surface area contributed by atoms with Gasteiger partial charge in [-0.25, -0.2) is 0 Å². The van der Waals surface area contributed by atoms with Crippen LogP contribution in [0.25, 0.3) is 0 Å². The second-order valence-corrected chi connectivity index (χ2v) is 8.44. The Hall–Kier alpha value is -3.52. The van der Waals surface area contributed by atoms with Crippen molar-refractivity contribution in [3.05, 3.63) is 65.7 Å². The van der Waals surface area contributed by atoms with E-state index < -0.39 is 29.3 Å². The molecule has 0 unspecified atom stereocenters. The van der Waals surface area contributed by atoms with Crippen LogP contribution in [0, 0.1) is 11.8 Å². The predicted molar refractivity (Wildman–Crippen MR) is 110 cm³/mol. The SMILES string of the molecule is NC(=O)C[C@H]1[NH2+][C@]2(C(=O)Nc3ccccc32)[C@@H]2C(=O)N(CCc3ccccc3)C(=O)[C@@H]21. The van der Waals surface area contributed by atoms with Gasteiger partial charge in [0.25, 0.3) is 5.91 Å². The molecule has 0 aliphatic carbocycles. The highest BCUT2D eigenvalue weighted by Gasteiger charge is 2.74. The highest BCUT2D eigenvalue weighted by Crippen LogP contribution is 2.49. The van der Waals surface area contributed by atoms with E-state index in [1.165, 1.54) is 4.90 Å². The molecule has 31 heavy (non-hydrogen) atoms. The zero-order valence-corrected chi connectivity index (χ0v) is 16.8. The number of imide groups is 1. The molecule has 2 aromatic rings. The van der Waals surface area contributed by atoms with E-state index in [4.69, 9.17) is 5.73 Å². The Kier molecular flexibility index (Phi) is 4.40. The van der Waals surface area contributed by atoms with E-state index in [2.05, 4.69) is 5.32 Å². The molecule has 5 N–H and O–H groups in total. The number of primary amides is 1. The fourth-order valence-electron chi connectivity index (χ4n) is 5.51. The monoisotopic (exact) mass is 419 g/mol. The third-order valence-electron chi connectivity index (χ3n) is 6.77. The number of hydrogen-bond donors (Lipinski definition) is 3. The first-order valence-electron chi connectivity index (χ1n) is 10.4. The minimum absolute atomic E-state index is 0.0795. The number of anilines is 1. The van der Waals surface area contributed by atoms with Gasteiger partial charge in [0, 0.05) is 12.1 Å². The average molecular weight is 419 g/mol. The fourth-order valence-corrected chi connectivity index (χ4v) is 5.51. The quantitative estimate of drug-likeness (QED) is 0.565. The second-order valence-electron chi connectivity index (χ2n) is 8.44. The fraction of sp³-hybridized carbons (Fsp3) is 0.304. The molecule has 4 atom stereocenters. The van der Waals surface area contributed by atoms with E-state index in [0.717, 1.165) is 5.56 Å². The number of carbonyl (C=O) groups is 4. The van der Waals surface area contributed by atoms with Crippen molar-refractivity contribution in [2.45, 2.75) is 24.4 Å². The molecule has 158 valence electrons. The Morgan fingerprint density at radius 3 is 2.48 bits per heavy atom. The molecule has 2 fully saturated rings. The highest BCUT2D eigenvalue weighted by atomic mass is 16.2. The van der Waals surface area contributed by atoms with Crippen LogP contribution in [0.4, 0.5) is 5.69 Å². The maximum absolute atomic E-state index is 13.6. The largest absolute Gasteiger partial charge is 0.369 e. The summed E-state index contributed by atoms with van der Waals surface area (Å²) in [4.78, 5) is 53.2. The number of rotatable bonds is 5. The van der Waals surface area contributed by atoms with E-state index >= 15 is 0 Å². The van der Waals surface area contributed by atoms with Gasteiger partial charge in [-0.2, -0.15) is 0 Å². The molecule has 8 heteroatoms. The van der Waals surface area contributed by atoms with Crippen LogP contribution < -0.4 is 16.4 Å². The number of para-hydroxylation sites is 1. The minimum Gasteiger partial charge on any atom is -0.369 e. The van der Waals surface area contributed by atoms with Gasteiger partial charge >= 0.3 is 0 Å². The molecule has 0 bridgehead atoms. The van der Waals surface area contributed by atoms with Gasteiger partial charge in [-0.15, -0.1) is 0 Å². The van der Waals surface area contributed by atoms with Gasteiger partial charge in [0.1, 0.15) is 17.9 Å². The van der Waals surface area contributed by atoms with Crippen molar-refractivity contribution in [1.82, 2.24) is 4.90 Å². The maximum atomic E-state index is 13.6. The standard InChI is InChI=1S/C23H22N4O4/c24-17(28)12-16-18-19(23(26-16)14-8-4-5-9-15(14)25-22(23)31)21(30)27(20(18)29)11-10-13-6-2-1-3-7-13/h1-9,16,18-19,26H,10-12H2,(H2,24,28)(H,25,31)/p+1/t16-,18-,19+,23+/m1/s1. The van der Waals surface area contributed by atoms with Crippen LogP contribution in [0.3, 0.4) is 0 Å². The lowest BCUT2D eigenvalue weighted by molar-refractivity contribution is -0.732. The molecule has 8 nitrogen and oxygen atoms in total. The Morgan fingerprint density at radius 2 is 1.74 bits per heavy atom. The summed E-state index contributed by atoms with van der Waals surface area (Å²) in [5, 5.41) is 4.58. The van der Waals surface area contributed by atoms with Crippen LogP contribution in [-0.4, -0.2) is 41.1 Å². The first-order chi connectivity index (χ1) is 14.9. The van der Waals surface area contributed by atoms with Crippen molar-refractivity contribution in [2.24, 2.45) is 17.6 Å². The number of quaternary nitrogens is 1. The van der Waals surface area contributed by atoms with E-state index in [1.54, 1.807) is 29.6 Å². The normalized spacial score (nSPS) is 28.7. The van der Waals surface area contributed by atoms with E-state index in [1.807, 2.05) is 30.3 Å². The molecule has 4 amide bonds. The molecule has 0 radical (unpaired) electrons. The van der Waals surface area contributed by atoms with Crippen LogP contribution in [0.1, 0.15) is 17.5 Å². The molecular weight excluding hydrogens is 396 g/mol. The first kappa shape index (κ1) is 19.4. The van der Waals surface area contributed by atoms with Gasteiger partial charge in [-0.05, 0) is 18.1 Å². The van der Waals surface area contributed by atoms with Crippen LogP contribution in [0.5, 0.6) is 0 Å². The number of nitrogens with zero attached hydrogens (tertiary/aromatic N) is 1. The molecular formula is C23H23N4O4+. The Morgan fingerprint density at radius 1 is 1.03 bits per heavy atom. The van der Waals surface area contributed by atoms with Crippen molar-refractivity contribution in [1.29, 1.82) is 0 Å². The summed E-state index contributed by atoms with van der Waals surface area (Å²) in [5.74, 6) is -3.23. The molecule has 0 saturated carbocycles. The third kappa shape index (κ3) is 2.79. The number of benzene rings is 2. The molecule has 3 aliphatic rings. The summed E-state index contributed by atoms with van der Waals surface area (Å²) in [6, 6.07) is 16.2. The number of carbonyl (C=O) groups excluding carboxylic acids is 4. The number of nitrogens with one attached hydrogen (secondary N) is 1. The molecule has 2 saturated heterocycles. The van der Waals surface area contributed by atoms with E-state index in [9.17, 15) is 19.2 Å². The molecule has 2 aromatic carbocycles. The molecule has 3 aliphatic heterocycles. The lowest BCUT2D eigenvalue weighted by atomic mass is 9.76. The van der Waals surface area contributed by atoms with Crippen molar-refractivity contribution in [3.63, 3.8) is 0 Å². The van der Waals surface area contributed by atoms with Crippen LogP contribution in [0.15, 0.2) is 54.6 Å². The Bertz CT molecular complexity index is 1100. The summed E-state index contributed by atoms with van der Waals surface area (Å²) in [6.45, 7) is 0.233. The number of fused-ring (bicyclic) bond motifs is 4. The van der Waals surface area contributed by atoms with Crippen LogP contribution in [-0.2, 0) is 31.1 Å². The van der Waals surface area contributed by atoms with Crippen LogP contribution in [0.2, 0.25) is 0 Å². The summed E-state index contributed by atoms with van der Waals surface area (Å²) in [6.07, 6.45) is 0.446. The van der Waals surface area contributed by atoms with Crippen LogP contribution >= 0.6 is 0 Å². The molecule has 0 aromatic heterocycles. The van der Waals surface area contributed by atoms with Gasteiger partial charge < -0.3 is 16.4 Å². The van der Waals surface area contributed by atoms with E-state index in [-0.39, 0.29) is 30.7 Å². The highest BCUT2D eigenvalue weighted by molar-refractivity contribution is 6.14. The predicted octanol–water partition coefficient (Wildman–Crippen LogP) is -0.501. The van der Waals surface area contributed by atoms with Gasteiger partial charge in [-0.1, -0.05) is 48.5 Å². The average Bonchev–Trinajstić information content (AvgIpc) is 3.32. The van der Waals surface area contributed by atoms with Crippen molar-refractivity contribution < 1.29 is 24.5 Å². The molecule has 1 spiro atoms. The topological polar surface area (TPSA) is 126 Å². The third-order valence-corrected chi connectivity index (χ3v) is 6.77. The van der Waals surface area contributed by atoms with Gasteiger partial charge in [0.15, 0.2) is 0 Å². The second kappa shape index (κ2) is 7.02. The maximum Gasteiger partial charge on any atom is 0.291 e.